The third kappa shape index (κ3) is 3.80. The van der Waals surface area contributed by atoms with Crippen LogP contribution in [0.15, 0.2) is 53.6 Å². The molecule has 1 atom stereocenters. The number of hydrogen-bond donors (Lipinski definition) is 2. The van der Waals surface area contributed by atoms with E-state index in [1.807, 2.05) is 6.20 Å². The number of fused-ring (bicyclic) bond motifs is 1. The van der Waals surface area contributed by atoms with E-state index in [4.69, 9.17) is 0 Å². The lowest BCUT2D eigenvalue weighted by atomic mass is 9.89. The Morgan fingerprint density at radius 1 is 1.21 bits per heavy atom. The maximum Gasteiger partial charge on any atom is 0.321 e. The first-order chi connectivity index (χ1) is 13.5. The Morgan fingerprint density at radius 3 is 2.75 bits per heavy atom. The first kappa shape index (κ1) is 18.7. The predicted molar refractivity (Wildman–Crippen MR) is 110 cm³/mol. The van der Waals surface area contributed by atoms with Crippen molar-refractivity contribution >= 4 is 33.4 Å². The molecule has 2 aromatic carbocycles. The van der Waals surface area contributed by atoms with Crippen molar-refractivity contribution in [2.24, 2.45) is 0 Å². The fourth-order valence-electron chi connectivity index (χ4n) is 3.80. The number of carbonyl (C=O) groups is 1. The summed E-state index contributed by atoms with van der Waals surface area (Å²) in [7, 11) is -1.09. The minimum absolute atomic E-state index is 0.151. The number of anilines is 1. The first-order valence-electron chi connectivity index (χ1n) is 9.27. The van der Waals surface area contributed by atoms with Crippen LogP contribution in [-0.2, 0) is 10.8 Å². The van der Waals surface area contributed by atoms with Crippen molar-refractivity contribution in [1.29, 1.82) is 0 Å². The van der Waals surface area contributed by atoms with E-state index < -0.39 is 10.8 Å². The molecule has 3 aromatic rings. The summed E-state index contributed by atoms with van der Waals surface area (Å²) in [5.74, 6) is 0.0610. The molecule has 28 heavy (non-hydrogen) atoms. The molecule has 1 aliphatic rings. The minimum atomic E-state index is -1.09. The normalized spacial score (nSPS) is 16.3. The number of halogens is 1. The summed E-state index contributed by atoms with van der Waals surface area (Å²) in [4.78, 5) is 18.3. The van der Waals surface area contributed by atoms with E-state index in [2.05, 4.69) is 10.3 Å². The Kier molecular flexibility index (Phi) is 5.17. The molecule has 1 saturated heterocycles. The van der Waals surface area contributed by atoms with Gasteiger partial charge >= 0.3 is 6.03 Å². The molecule has 1 aliphatic heterocycles. The number of aromatic nitrogens is 1. The second kappa shape index (κ2) is 7.75. The van der Waals surface area contributed by atoms with Gasteiger partial charge in [0.25, 0.3) is 0 Å². The average Bonchev–Trinajstić information content (AvgIpc) is 3.11. The zero-order chi connectivity index (χ0) is 19.7. The van der Waals surface area contributed by atoms with Crippen molar-refractivity contribution in [2.75, 3.05) is 24.7 Å². The quantitative estimate of drug-likeness (QED) is 0.683. The summed E-state index contributed by atoms with van der Waals surface area (Å²) in [5.41, 5.74) is 2.70. The van der Waals surface area contributed by atoms with E-state index in [0.717, 1.165) is 29.3 Å². The summed E-state index contributed by atoms with van der Waals surface area (Å²) < 4.78 is 25.2. The third-order valence-corrected chi connectivity index (χ3v) is 6.23. The molecular weight excluding hydrogens is 377 g/mol. The number of piperidine rings is 1. The van der Waals surface area contributed by atoms with E-state index >= 15 is 0 Å². The van der Waals surface area contributed by atoms with Gasteiger partial charge in [-0.05, 0) is 60.7 Å². The molecule has 2 heterocycles. The Hall–Kier alpha value is -2.67. The van der Waals surface area contributed by atoms with Crippen molar-refractivity contribution < 1.29 is 13.4 Å². The summed E-state index contributed by atoms with van der Waals surface area (Å²) in [6, 6.07) is 11.7. The van der Waals surface area contributed by atoms with Crippen LogP contribution in [0.4, 0.5) is 14.9 Å². The molecule has 1 aromatic heterocycles. The van der Waals surface area contributed by atoms with Gasteiger partial charge in [0, 0.05) is 57.8 Å². The molecule has 4 rings (SSSR count). The van der Waals surface area contributed by atoms with Gasteiger partial charge in [-0.3, -0.25) is 4.21 Å². The van der Waals surface area contributed by atoms with Crippen molar-refractivity contribution in [3.05, 3.63) is 60.0 Å². The number of nitrogens with one attached hydrogen (secondary N) is 2. The molecule has 0 radical (unpaired) electrons. The van der Waals surface area contributed by atoms with Crippen LogP contribution >= 0.6 is 0 Å². The van der Waals surface area contributed by atoms with Crippen LogP contribution in [0.2, 0.25) is 0 Å². The van der Waals surface area contributed by atoms with Gasteiger partial charge in [0.15, 0.2) is 0 Å². The fourth-order valence-corrected chi connectivity index (χ4v) is 4.36. The van der Waals surface area contributed by atoms with Gasteiger partial charge in [0.1, 0.15) is 5.82 Å². The molecule has 0 aliphatic carbocycles. The number of carbonyl (C=O) groups excluding carboxylic acids is 1. The smallest absolute Gasteiger partial charge is 0.321 e. The van der Waals surface area contributed by atoms with Gasteiger partial charge in [0.2, 0.25) is 0 Å². The molecule has 0 saturated carbocycles. The standard InChI is InChI=1S/C21H22FN3O2S/c1-28(27)17-4-2-3-16(12-17)24-21(26)25-9-7-14(8-10-25)19-13-23-20-6-5-15(22)11-18(19)20/h2-6,11-14,23H,7-10H2,1H3,(H,24,26). The first-order valence-corrected chi connectivity index (χ1v) is 10.8. The van der Waals surface area contributed by atoms with Gasteiger partial charge in [-0.15, -0.1) is 0 Å². The lowest BCUT2D eigenvalue weighted by Crippen LogP contribution is -2.40. The Labute approximate surface area is 165 Å². The number of aromatic amines is 1. The Morgan fingerprint density at radius 2 is 2.00 bits per heavy atom. The van der Waals surface area contributed by atoms with Crippen LogP contribution in [0.5, 0.6) is 0 Å². The molecular formula is C21H22FN3O2S. The Balaban J connectivity index is 1.41. The van der Waals surface area contributed by atoms with Crippen LogP contribution in [0.3, 0.4) is 0 Å². The zero-order valence-electron chi connectivity index (χ0n) is 15.6. The van der Waals surface area contributed by atoms with Gasteiger partial charge in [-0.2, -0.15) is 0 Å². The van der Waals surface area contributed by atoms with Gasteiger partial charge in [-0.1, -0.05) is 6.07 Å². The number of amides is 2. The molecule has 7 heteroatoms. The van der Waals surface area contributed by atoms with Gasteiger partial charge in [0.05, 0.1) is 0 Å². The van der Waals surface area contributed by atoms with Crippen LogP contribution in [-0.4, -0.2) is 39.5 Å². The van der Waals surface area contributed by atoms with E-state index in [-0.39, 0.29) is 11.8 Å². The number of rotatable bonds is 3. The molecule has 0 bridgehead atoms. The van der Waals surface area contributed by atoms with Crippen LogP contribution in [0.25, 0.3) is 10.9 Å². The average molecular weight is 399 g/mol. The highest BCUT2D eigenvalue weighted by Crippen LogP contribution is 2.33. The molecule has 5 nitrogen and oxygen atoms in total. The highest BCUT2D eigenvalue weighted by molar-refractivity contribution is 7.84. The number of urea groups is 1. The number of hydrogen-bond acceptors (Lipinski definition) is 2. The monoisotopic (exact) mass is 399 g/mol. The number of H-pyrrole nitrogens is 1. The zero-order valence-corrected chi connectivity index (χ0v) is 16.4. The van der Waals surface area contributed by atoms with Crippen LogP contribution in [0, 0.1) is 5.82 Å². The predicted octanol–water partition coefficient (Wildman–Crippen LogP) is 4.46. The second-order valence-corrected chi connectivity index (χ2v) is 8.49. The maximum absolute atomic E-state index is 13.6. The molecule has 1 unspecified atom stereocenters. The highest BCUT2D eigenvalue weighted by Gasteiger charge is 2.25. The van der Waals surface area contributed by atoms with Crippen molar-refractivity contribution in [2.45, 2.75) is 23.7 Å². The van der Waals surface area contributed by atoms with Crippen molar-refractivity contribution in [1.82, 2.24) is 9.88 Å². The molecule has 1 fully saturated rings. The van der Waals surface area contributed by atoms with Gasteiger partial charge in [-0.25, -0.2) is 9.18 Å². The van der Waals surface area contributed by atoms with Crippen molar-refractivity contribution in [3.63, 3.8) is 0 Å². The lowest BCUT2D eigenvalue weighted by Gasteiger charge is -2.32. The van der Waals surface area contributed by atoms with E-state index in [1.54, 1.807) is 47.6 Å². The van der Waals surface area contributed by atoms with E-state index in [1.165, 1.54) is 6.07 Å². The maximum atomic E-state index is 13.6. The summed E-state index contributed by atoms with van der Waals surface area (Å²) in [6.07, 6.45) is 5.23. The van der Waals surface area contributed by atoms with Crippen LogP contribution in [0.1, 0.15) is 24.3 Å². The van der Waals surface area contributed by atoms with E-state index in [0.29, 0.717) is 29.6 Å². The number of likely N-dealkylation sites (tertiary alicyclic amines) is 1. The van der Waals surface area contributed by atoms with Gasteiger partial charge < -0.3 is 15.2 Å². The van der Waals surface area contributed by atoms with Crippen molar-refractivity contribution in [3.8, 4) is 0 Å². The SMILES string of the molecule is CS(=O)c1cccc(NC(=O)N2CCC(c3c[nH]c4ccc(F)cc34)CC2)c1. The van der Waals surface area contributed by atoms with E-state index in [9.17, 15) is 13.4 Å². The molecule has 2 N–H and O–H groups in total. The summed E-state index contributed by atoms with van der Waals surface area (Å²) in [6.45, 7) is 1.27. The topological polar surface area (TPSA) is 65.2 Å². The van der Waals surface area contributed by atoms with Crippen LogP contribution < -0.4 is 5.32 Å². The molecule has 0 spiro atoms. The highest BCUT2D eigenvalue weighted by atomic mass is 32.2. The molecule has 2 amide bonds. The lowest BCUT2D eigenvalue weighted by molar-refractivity contribution is 0.195. The molecule has 146 valence electrons. The third-order valence-electron chi connectivity index (χ3n) is 5.32. The summed E-state index contributed by atoms with van der Waals surface area (Å²) >= 11 is 0. The minimum Gasteiger partial charge on any atom is -0.361 e. The largest absolute Gasteiger partial charge is 0.361 e. The number of nitrogens with zero attached hydrogens (tertiary/aromatic N) is 1. The summed E-state index contributed by atoms with van der Waals surface area (Å²) in [5, 5.41) is 3.81. The second-order valence-electron chi connectivity index (χ2n) is 7.11. The number of benzene rings is 2. The Bertz CT molecular complexity index is 1040. The fraction of sp³-hybridized carbons (Fsp3) is 0.286.